The zero-order valence-electron chi connectivity index (χ0n) is 14.1. The molecule has 1 N–H and O–H groups in total. The SMILES string of the molecule is Cc1nn2cnnc2c(NCC2CCN(C3CCCC3)C2)c1C. The van der Waals surface area contributed by atoms with E-state index in [0.717, 1.165) is 35.5 Å². The monoisotopic (exact) mass is 314 g/mol. The molecule has 3 heterocycles. The maximum Gasteiger partial charge on any atom is 0.200 e. The van der Waals surface area contributed by atoms with Gasteiger partial charge in [0.15, 0.2) is 0 Å². The first-order chi connectivity index (χ1) is 11.2. The molecule has 0 spiro atoms. The lowest BCUT2D eigenvalue weighted by Crippen LogP contribution is -2.31. The lowest BCUT2D eigenvalue weighted by atomic mass is 10.1. The van der Waals surface area contributed by atoms with Gasteiger partial charge in [-0.05, 0) is 51.1 Å². The summed E-state index contributed by atoms with van der Waals surface area (Å²) >= 11 is 0. The van der Waals surface area contributed by atoms with E-state index in [1.807, 2.05) is 6.92 Å². The van der Waals surface area contributed by atoms with Crippen molar-refractivity contribution in [3.8, 4) is 0 Å². The highest BCUT2D eigenvalue weighted by molar-refractivity contribution is 5.71. The second kappa shape index (κ2) is 6.07. The number of aryl methyl sites for hydroxylation is 1. The van der Waals surface area contributed by atoms with Crippen LogP contribution >= 0.6 is 0 Å². The minimum Gasteiger partial charge on any atom is -0.381 e. The maximum atomic E-state index is 4.48. The lowest BCUT2D eigenvalue weighted by Gasteiger charge is -2.23. The highest BCUT2D eigenvalue weighted by atomic mass is 15.3. The van der Waals surface area contributed by atoms with Crippen LogP contribution in [0, 0.1) is 19.8 Å². The molecule has 1 aliphatic carbocycles. The summed E-state index contributed by atoms with van der Waals surface area (Å²) in [7, 11) is 0. The summed E-state index contributed by atoms with van der Waals surface area (Å²) in [5, 5.41) is 16.3. The third-order valence-electron chi connectivity index (χ3n) is 5.66. The van der Waals surface area contributed by atoms with Crippen LogP contribution in [0.5, 0.6) is 0 Å². The molecule has 2 aromatic rings. The smallest absolute Gasteiger partial charge is 0.200 e. The Kier molecular flexibility index (Phi) is 3.93. The number of rotatable bonds is 4. The summed E-state index contributed by atoms with van der Waals surface area (Å²) in [5.41, 5.74) is 4.13. The molecule has 2 fully saturated rings. The van der Waals surface area contributed by atoms with Crippen LogP contribution in [0.25, 0.3) is 5.65 Å². The van der Waals surface area contributed by atoms with Crippen LogP contribution in [0.15, 0.2) is 6.33 Å². The molecule has 2 aromatic heterocycles. The molecule has 4 rings (SSSR count). The van der Waals surface area contributed by atoms with E-state index in [1.54, 1.807) is 10.8 Å². The van der Waals surface area contributed by atoms with E-state index in [1.165, 1.54) is 50.8 Å². The van der Waals surface area contributed by atoms with E-state index in [9.17, 15) is 0 Å². The van der Waals surface area contributed by atoms with Gasteiger partial charge < -0.3 is 10.2 Å². The number of hydrogen-bond acceptors (Lipinski definition) is 5. The van der Waals surface area contributed by atoms with Gasteiger partial charge in [-0.2, -0.15) is 9.61 Å². The molecule has 6 heteroatoms. The molecule has 124 valence electrons. The van der Waals surface area contributed by atoms with Crippen LogP contribution in [0.2, 0.25) is 0 Å². The second-order valence-corrected chi connectivity index (χ2v) is 7.15. The van der Waals surface area contributed by atoms with Crippen molar-refractivity contribution in [1.82, 2.24) is 24.7 Å². The fraction of sp³-hybridized carbons (Fsp3) is 0.706. The Morgan fingerprint density at radius 1 is 1.22 bits per heavy atom. The van der Waals surface area contributed by atoms with Crippen molar-refractivity contribution in [3.63, 3.8) is 0 Å². The summed E-state index contributed by atoms with van der Waals surface area (Å²) in [6.45, 7) is 7.67. The zero-order valence-corrected chi connectivity index (χ0v) is 14.1. The Labute approximate surface area is 137 Å². The van der Waals surface area contributed by atoms with Crippen LogP contribution in [0.3, 0.4) is 0 Å². The Balaban J connectivity index is 1.43. The molecule has 23 heavy (non-hydrogen) atoms. The van der Waals surface area contributed by atoms with Crippen LogP contribution in [0.1, 0.15) is 43.4 Å². The molecule has 0 amide bonds. The van der Waals surface area contributed by atoms with Gasteiger partial charge in [0.25, 0.3) is 0 Å². The van der Waals surface area contributed by atoms with Crippen LogP contribution < -0.4 is 5.32 Å². The topological polar surface area (TPSA) is 58.4 Å². The first kappa shape index (κ1) is 14.9. The standard InChI is InChI=1S/C17H26N6/c1-12-13(2)21-23-11-19-20-17(23)16(12)18-9-14-7-8-22(10-14)15-5-3-4-6-15/h11,14-15,18H,3-10H2,1-2H3. The fourth-order valence-electron chi connectivity index (χ4n) is 4.14. The molecule has 2 aliphatic rings. The quantitative estimate of drug-likeness (QED) is 0.939. The Bertz CT molecular complexity index is 688. The van der Waals surface area contributed by atoms with E-state index in [-0.39, 0.29) is 0 Å². The zero-order chi connectivity index (χ0) is 15.8. The second-order valence-electron chi connectivity index (χ2n) is 7.15. The molecule has 0 aromatic carbocycles. The van der Waals surface area contributed by atoms with Gasteiger partial charge in [0, 0.05) is 19.1 Å². The number of hydrogen-bond donors (Lipinski definition) is 1. The van der Waals surface area contributed by atoms with Gasteiger partial charge in [-0.25, -0.2) is 0 Å². The van der Waals surface area contributed by atoms with Crippen molar-refractivity contribution < 1.29 is 0 Å². The van der Waals surface area contributed by atoms with E-state index in [2.05, 4.69) is 32.4 Å². The maximum absolute atomic E-state index is 4.48. The summed E-state index contributed by atoms with van der Waals surface area (Å²) in [4.78, 5) is 2.72. The van der Waals surface area contributed by atoms with E-state index >= 15 is 0 Å². The Morgan fingerprint density at radius 2 is 2.04 bits per heavy atom. The van der Waals surface area contributed by atoms with Gasteiger partial charge >= 0.3 is 0 Å². The van der Waals surface area contributed by atoms with Gasteiger partial charge in [0.2, 0.25) is 5.65 Å². The van der Waals surface area contributed by atoms with E-state index in [4.69, 9.17) is 0 Å². The van der Waals surface area contributed by atoms with Crippen LogP contribution in [-0.2, 0) is 0 Å². The van der Waals surface area contributed by atoms with Crippen LogP contribution in [-0.4, -0.2) is 50.4 Å². The summed E-state index contributed by atoms with van der Waals surface area (Å²) in [5.74, 6) is 0.728. The normalized spacial score (nSPS) is 23.1. The Morgan fingerprint density at radius 3 is 2.87 bits per heavy atom. The molecule has 1 saturated heterocycles. The summed E-state index contributed by atoms with van der Waals surface area (Å²) in [6, 6.07) is 0.855. The van der Waals surface area contributed by atoms with E-state index < -0.39 is 0 Å². The van der Waals surface area contributed by atoms with Gasteiger partial charge in [0.1, 0.15) is 6.33 Å². The van der Waals surface area contributed by atoms with Crippen molar-refractivity contribution >= 4 is 11.3 Å². The number of anilines is 1. The van der Waals surface area contributed by atoms with Crippen molar-refractivity contribution in [2.45, 2.75) is 52.0 Å². The number of likely N-dealkylation sites (tertiary alicyclic amines) is 1. The first-order valence-corrected chi connectivity index (χ1v) is 8.87. The minimum absolute atomic E-state index is 0.728. The van der Waals surface area contributed by atoms with Crippen molar-refractivity contribution in [3.05, 3.63) is 17.6 Å². The Hall–Kier alpha value is -1.69. The van der Waals surface area contributed by atoms with Crippen molar-refractivity contribution in [2.75, 3.05) is 25.0 Å². The number of fused-ring (bicyclic) bond motifs is 1. The molecular formula is C17H26N6. The predicted molar refractivity (Wildman–Crippen MR) is 90.7 cm³/mol. The fourth-order valence-corrected chi connectivity index (χ4v) is 4.14. The molecule has 6 nitrogen and oxygen atoms in total. The average Bonchev–Trinajstić information content (AvgIpc) is 3.28. The first-order valence-electron chi connectivity index (χ1n) is 8.87. The van der Waals surface area contributed by atoms with Gasteiger partial charge in [-0.15, -0.1) is 10.2 Å². The highest BCUT2D eigenvalue weighted by Gasteiger charge is 2.29. The third-order valence-corrected chi connectivity index (χ3v) is 5.66. The number of nitrogens with one attached hydrogen (secondary N) is 1. The van der Waals surface area contributed by atoms with Gasteiger partial charge in [-0.1, -0.05) is 12.8 Å². The summed E-state index contributed by atoms with van der Waals surface area (Å²) in [6.07, 6.45) is 8.63. The molecule has 1 aliphatic heterocycles. The molecule has 1 atom stereocenters. The van der Waals surface area contributed by atoms with Crippen LogP contribution in [0.4, 0.5) is 5.69 Å². The van der Waals surface area contributed by atoms with Crippen molar-refractivity contribution in [1.29, 1.82) is 0 Å². The van der Waals surface area contributed by atoms with E-state index in [0.29, 0.717) is 0 Å². The van der Waals surface area contributed by atoms with Gasteiger partial charge in [0.05, 0.1) is 11.4 Å². The minimum atomic E-state index is 0.728. The molecule has 0 radical (unpaired) electrons. The predicted octanol–water partition coefficient (Wildman–Crippen LogP) is 2.42. The average molecular weight is 314 g/mol. The molecule has 1 saturated carbocycles. The summed E-state index contributed by atoms with van der Waals surface area (Å²) < 4.78 is 1.77. The lowest BCUT2D eigenvalue weighted by molar-refractivity contribution is 0.238. The molecule has 1 unspecified atom stereocenters. The van der Waals surface area contributed by atoms with Crippen molar-refractivity contribution in [2.24, 2.45) is 5.92 Å². The number of nitrogens with zero attached hydrogens (tertiary/aromatic N) is 5. The molecular weight excluding hydrogens is 288 g/mol. The molecule has 0 bridgehead atoms. The third kappa shape index (κ3) is 2.80. The van der Waals surface area contributed by atoms with Gasteiger partial charge in [-0.3, -0.25) is 0 Å². The largest absolute Gasteiger partial charge is 0.381 e. The highest BCUT2D eigenvalue weighted by Crippen LogP contribution is 2.29. The number of aromatic nitrogens is 4.